The van der Waals surface area contributed by atoms with Gasteiger partial charge in [-0.3, -0.25) is 9.59 Å². The van der Waals surface area contributed by atoms with E-state index < -0.39 is 0 Å². The first-order valence-corrected chi connectivity index (χ1v) is 11.5. The zero-order chi connectivity index (χ0) is 24.9. The van der Waals surface area contributed by atoms with Gasteiger partial charge in [-0.05, 0) is 36.8 Å². The van der Waals surface area contributed by atoms with E-state index >= 15 is 0 Å². The molecule has 2 aromatic carbocycles. The number of nitrogens with zero attached hydrogens (tertiary/aromatic N) is 2. The smallest absolute Gasteiger partial charge is 0.258 e. The first kappa shape index (κ1) is 24.4. The molecule has 9 nitrogen and oxygen atoms in total. The van der Waals surface area contributed by atoms with Crippen molar-refractivity contribution in [2.75, 3.05) is 34.0 Å². The van der Waals surface area contributed by atoms with Crippen molar-refractivity contribution in [3.8, 4) is 23.0 Å². The Morgan fingerprint density at radius 2 is 1.91 bits per heavy atom. The summed E-state index contributed by atoms with van der Waals surface area (Å²) in [4.78, 5) is 34.4. The number of likely N-dealkylation sites (N-methyl/N-ethyl adjacent to an activating group) is 1. The van der Waals surface area contributed by atoms with Gasteiger partial charge < -0.3 is 28.8 Å². The zero-order valence-corrected chi connectivity index (χ0v) is 20.5. The molecule has 0 unspecified atom stereocenters. The van der Waals surface area contributed by atoms with Gasteiger partial charge in [-0.1, -0.05) is 11.6 Å². The fourth-order valence-corrected chi connectivity index (χ4v) is 4.01. The van der Waals surface area contributed by atoms with E-state index in [1.54, 1.807) is 35.2 Å². The van der Waals surface area contributed by atoms with Gasteiger partial charge in [0.2, 0.25) is 5.91 Å². The van der Waals surface area contributed by atoms with Crippen LogP contribution in [0.2, 0.25) is 5.02 Å². The van der Waals surface area contributed by atoms with Crippen LogP contribution in [0.3, 0.4) is 0 Å². The highest BCUT2D eigenvalue weighted by atomic mass is 35.5. The Hall–Kier alpha value is -3.72. The summed E-state index contributed by atoms with van der Waals surface area (Å²) in [6, 6.07) is 6.73. The lowest BCUT2D eigenvalue weighted by Crippen LogP contribution is -2.30. The fraction of sp³-hybridized carbons (Fsp3) is 0.320. The number of amides is 1. The van der Waals surface area contributed by atoms with Crippen LogP contribution in [-0.4, -0.2) is 54.8 Å². The highest BCUT2D eigenvalue weighted by molar-refractivity contribution is 6.32. The molecule has 35 heavy (non-hydrogen) atoms. The molecule has 1 aliphatic rings. The average Bonchev–Trinajstić information content (AvgIpc) is 3.11. The molecule has 0 fully saturated rings. The molecule has 1 amide bonds. The maximum Gasteiger partial charge on any atom is 0.258 e. The molecule has 0 saturated carbocycles. The van der Waals surface area contributed by atoms with Gasteiger partial charge in [-0.15, -0.1) is 0 Å². The Morgan fingerprint density at radius 3 is 2.66 bits per heavy atom. The van der Waals surface area contributed by atoms with Crippen LogP contribution >= 0.6 is 11.6 Å². The number of rotatable bonds is 7. The Kier molecular flexibility index (Phi) is 7.45. The molecular formula is C25H26ClN3O6. The summed E-state index contributed by atoms with van der Waals surface area (Å²) in [5.74, 6) is 2.08. The molecule has 2 heterocycles. The number of carbonyl (C=O) groups excluding carboxylic acids is 1. The molecule has 4 rings (SSSR count). The number of ether oxygens (including phenoxy) is 4. The van der Waals surface area contributed by atoms with E-state index in [2.05, 4.69) is 9.97 Å². The summed E-state index contributed by atoms with van der Waals surface area (Å²) < 4.78 is 21.9. The predicted molar refractivity (Wildman–Crippen MR) is 133 cm³/mol. The molecule has 1 N–H and O–H groups in total. The number of fused-ring (bicyclic) bond motifs is 2. The zero-order valence-electron chi connectivity index (χ0n) is 19.7. The second-order valence-electron chi connectivity index (χ2n) is 7.80. The molecule has 1 aliphatic heterocycles. The van der Waals surface area contributed by atoms with Gasteiger partial charge in [0.1, 0.15) is 5.82 Å². The quantitative estimate of drug-likeness (QED) is 0.493. The third-order valence-electron chi connectivity index (χ3n) is 5.54. The van der Waals surface area contributed by atoms with Crippen LogP contribution in [0, 0.1) is 0 Å². The van der Waals surface area contributed by atoms with Crippen molar-refractivity contribution in [2.24, 2.45) is 0 Å². The lowest BCUT2D eigenvalue weighted by atomic mass is 10.2. The normalized spacial score (nSPS) is 13.0. The maximum atomic E-state index is 12.9. The summed E-state index contributed by atoms with van der Waals surface area (Å²) in [7, 11) is 3.01. The van der Waals surface area contributed by atoms with Gasteiger partial charge in [0.05, 0.1) is 49.9 Å². The molecule has 1 aromatic heterocycles. The Labute approximate surface area is 207 Å². The number of hydrogen-bond donors (Lipinski definition) is 1. The summed E-state index contributed by atoms with van der Waals surface area (Å²) in [5, 5.41) is 0.792. The van der Waals surface area contributed by atoms with Crippen molar-refractivity contribution in [1.82, 2.24) is 14.9 Å². The minimum Gasteiger partial charge on any atom is -0.493 e. The fourth-order valence-electron chi connectivity index (χ4n) is 3.74. The second kappa shape index (κ2) is 10.7. The van der Waals surface area contributed by atoms with Gasteiger partial charge in [0, 0.05) is 25.1 Å². The van der Waals surface area contributed by atoms with Gasteiger partial charge >= 0.3 is 0 Å². The van der Waals surface area contributed by atoms with Crippen LogP contribution in [-0.2, 0) is 11.3 Å². The number of aromatic nitrogens is 2. The standard InChI is InChI=1S/C25H26ClN3O6/c1-4-29(14-22-27-18-13-20(33-3)19(32-2)12-16(18)25(31)28-22)23(30)7-6-15-10-17(26)24-21(11-15)34-8-5-9-35-24/h6-7,10-13H,4-5,8-9,14H2,1-3H3,(H,27,28,31)/b7-6+. The van der Waals surface area contributed by atoms with Crippen LogP contribution in [0.25, 0.3) is 17.0 Å². The third-order valence-corrected chi connectivity index (χ3v) is 5.82. The number of H-pyrrole nitrogens is 1. The molecule has 184 valence electrons. The van der Waals surface area contributed by atoms with E-state index in [1.165, 1.54) is 20.3 Å². The number of benzene rings is 2. The molecule has 0 spiro atoms. The highest BCUT2D eigenvalue weighted by Crippen LogP contribution is 2.38. The Morgan fingerprint density at radius 1 is 1.17 bits per heavy atom. The first-order chi connectivity index (χ1) is 16.9. The Bertz CT molecular complexity index is 1340. The molecule has 0 atom stereocenters. The van der Waals surface area contributed by atoms with Crippen LogP contribution in [0.1, 0.15) is 24.7 Å². The van der Waals surface area contributed by atoms with Crippen molar-refractivity contribution < 1.29 is 23.7 Å². The van der Waals surface area contributed by atoms with Crippen molar-refractivity contribution in [1.29, 1.82) is 0 Å². The number of hydrogen-bond acceptors (Lipinski definition) is 7. The number of nitrogens with one attached hydrogen (secondary N) is 1. The SMILES string of the molecule is CCN(Cc1nc2cc(OC)c(OC)cc2c(=O)[nH]1)C(=O)/C=C/c1cc(Cl)c2c(c1)OCCCO2. The average molecular weight is 500 g/mol. The van der Waals surface area contributed by atoms with E-state index in [0.29, 0.717) is 70.1 Å². The van der Waals surface area contributed by atoms with E-state index in [0.717, 1.165) is 6.42 Å². The molecule has 3 aromatic rings. The van der Waals surface area contributed by atoms with Crippen LogP contribution in [0.4, 0.5) is 0 Å². The summed E-state index contributed by atoms with van der Waals surface area (Å²) in [5.41, 5.74) is 0.830. The van der Waals surface area contributed by atoms with E-state index in [9.17, 15) is 9.59 Å². The van der Waals surface area contributed by atoms with Crippen molar-refractivity contribution in [3.63, 3.8) is 0 Å². The van der Waals surface area contributed by atoms with Crippen LogP contribution in [0.5, 0.6) is 23.0 Å². The summed E-state index contributed by atoms with van der Waals surface area (Å²) in [6.07, 6.45) is 3.89. The lowest BCUT2D eigenvalue weighted by Gasteiger charge is -2.19. The number of halogens is 1. The van der Waals surface area contributed by atoms with Crippen molar-refractivity contribution in [3.05, 3.63) is 57.1 Å². The number of aromatic amines is 1. The molecule has 0 bridgehead atoms. The maximum absolute atomic E-state index is 12.9. The van der Waals surface area contributed by atoms with Gasteiger partial charge in [0.25, 0.3) is 5.56 Å². The molecule has 0 radical (unpaired) electrons. The van der Waals surface area contributed by atoms with Gasteiger partial charge in [-0.2, -0.15) is 0 Å². The van der Waals surface area contributed by atoms with E-state index in [1.807, 2.05) is 6.92 Å². The first-order valence-electron chi connectivity index (χ1n) is 11.1. The van der Waals surface area contributed by atoms with Gasteiger partial charge in [0.15, 0.2) is 23.0 Å². The molecule has 0 aliphatic carbocycles. The predicted octanol–water partition coefficient (Wildman–Crippen LogP) is 3.82. The minimum atomic E-state index is -0.327. The largest absolute Gasteiger partial charge is 0.493 e. The topological polar surface area (TPSA) is 103 Å². The highest BCUT2D eigenvalue weighted by Gasteiger charge is 2.17. The van der Waals surface area contributed by atoms with Crippen molar-refractivity contribution >= 4 is 34.5 Å². The Balaban J connectivity index is 1.55. The minimum absolute atomic E-state index is 0.126. The number of carbonyl (C=O) groups is 1. The molecular weight excluding hydrogens is 474 g/mol. The van der Waals surface area contributed by atoms with E-state index in [4.69, 9.17) is 30.5 Å². The summed E-state index contributed by atoms with van der Waals surface area (Å²) in [6.45, 7) is 3.47. The third kappa shape index (κ3) is 5.35. The van der Waals surface area contributed by atoms with Gasteiger partial charge in [-0.25, -0.2) is 4.98 Å². The van der Waals surface area contributed by atoms with Crippen LogP contribution < -0.4 is 24.5 Å². The lowest BCUT2D eigenvalue weighted by molar-refractivity contribution is -0.126. The molecule has 0 saturated heterocycles. The number of methoxy groups -OCH3 is 2. The molecule has 10 heteroatoms. The van der Waals surface area contributed by atoms with E-state index in [-0.39, 0.29) is 18.0 Å². The summed E-state index contributed by atoms with van der Waals surface area (Å²) >= 11 is 6.34. The monoisotopic (exact) mass is 499 g/mol. The van der Waals surface area contributed by atoms with Crippen LogP contribution in [0.15, 0.2) is 35.1 Å². The van der Waals surface area contributed by atoms with Crippen molar-refractivity contribution in [2.45, 2.75) is 19.9 Å². The second-order valence-corrected chi connectivity index (χ2v) is 8.21.